The number of rotatable bonds is 5. The molecule has 8 aromatic carbocycles. The van der Waals surface area contributed by atoms with Crippen LogP contribution in [0.1, 0.15) is 16.7 Å². The Morgan fingerprint density at radius 2 is 0.948 bits per heavy atom. The van der Waals surface area contributed by atoms with Crippen LogP contribution in [0.5, 0.6) is 0 Å². The van der Waals surface area contributed by atoms with E-state index in [1.165, 1.54) is 12.1 Å². The van der Waals surface area contributed by atoms with Crippen molar-refractivity contribution < 1.29 is 13.2 Å². The first-order chi connectivity index (χ1) is 28.4. The zero-order valence-electron chi connectivity index (χ0n) is 30.7. The lowest BCUT2D eigenvalue weighted by molar-refractivity contribution is -0.137. The Morgan fingerprint density at radius 3 is 1.50 bits per heavy atom. The Bertz CT molecular complexity index is 3340. The quantitative estimate of drug-likeness (QED) is 0.176. The summed E-state index contributed by atoms with van der Waals surface area (Å²) in [6, 6.07) is 59.4. The van der Waals surface area contributed by atoms with E-state index in [0.717, 1.165) is 60.9 Å². The molecule has 0 radical (unpaired) electrons. The third-order valence-electron chi connectivity index (χ3n) is 11.1. The van der Waals surface area contributed by atoms with E-state index in [2.05, 4.69) is 24.3 Å². The molecule has 274 valence electrons. The average Bonchev–Trinajstić information content (AvgIpc) is 3.77. The molecule has 10 rings (SSSR count). The normalized spacial score (nSPS) is 11.7. The Balaban J connectivity index is 1.39. The lowest BCUT2D eigenvalue weighted by Crippen LogP contribution is -2.11. The number of hydrogen-bond donors (Lipinski definition) is 0. The molecule has 0 N–H and O–H groups in total. The fraction of sp³-hybridized carbons (Fsp3) is 0.0196. The number of halogens is 3. The molecular formula is C51H29F3N4. The smallest absolute Gasteiger partial charge is 0.308 e. The lowest BCUT2D eigenvalue weighted by Gasteiger charge is -2.22. The summed E-state index contributed by atoms with van der Waals surface area (Å²) in [6.45, 7) is 0. The number of benzene rings is 8. The van der Waals surface area contributed by atoms with E-state index in [0.29, 0.717) is 16.7 Å². The maximum Gasteiger partial charge on any atom is 0.417 e. The van der Waals surface area contributed by atoms with Gasteiger partial charge < -0.3 is 9.13 Å². The Labute approximate surface area is 331 Å². The summed E-state index contributed by atoms with van der Waals surface area (Å²) in [6.07, 6.45) is -4.80. The van der Waals surface area contributed by atoms with Gasteiger partial charge in [0.15, 0.2) is 0 Å². The van der Waals surface area contributed by atoms with Crippen LogP contribution in [0, 0.1) is 22.7 Å². The van der Waals surface area contributed by atoms with Crippen molar-refractivity contribution in [3.63, 3.8) is 0 Å². The predicted molar refractivity (Wildman–Crippen MR) is 226 cm³/mol. The predicted octanol–water partition coefficient (Wildman–Crippen LogP) is 13.6. The maximum atomic E-state index is 15.1. The molecule has 10 aromatic rings. The van der Waals surface area contributed by atoms with Crippen LogP contribution < -0.4 is 0 Å². The zero-order valence-corrected chi connectivity index (χ0v) is 30.7. The van der Waals surface area contributed by atoms with Gasteiger partial charge in [-0.15, -0.1) is 0 Å². The van der Waals surface area contributed by atoms with Crippen molar-refractivity contribution in [1.82, 2.24) is 9.13 Å². The maximum absolute atomic E-state index is 15.1. The fourth-order valence-corrected chi connectivity index (χ4v) is 8.54. The lowest BCUT2D eigenvalue weighted by atomic mass is 9.90. The van der Waals surface area contributed by atoms with Gasteiger partial charge in [0.1, 0.15) is 11.6 Å². The fourth-order valence-electron chi connectivity index (χ4n) is 8.54. The minimum absolute atomic E-state index is 0.114. The summed E-state index contributed by atoms with van der Waals surface area (Å²) in [7, 11) is 0. The van der Waals surface area contributed by atoms with Crippen molar-refractivity contribution in [3.05, 3.63) is 193 Å². The molecule has 0 bridgehead atoms. The van der Waals surface area contributed by atoms with Crippen LogP contribution in [0.25, 0.3) is 88.4 Å². The van der Waals surface area contributed by atoms with E-state index < -0.39 is 11.7 Å². The molecule has 0 unspecified atom stereocenters. The van der Waals surface area contributed by atoms with Crippen LogP contribution in [0.2, 0.25) is 0 Å². The molecule has 2 heterocycles. The molecule has 0 saturated carbocycles. The average molecular weight is 755 g/mol. The number of nitrogens with zero attached hydrogens (tertiary/aromatic N) is 4. The monoisotopic (exact) mass is 754 g/mol. The summed E-state index contributed by atoms with van der Waals surface area (Å²) < 4.78 is 49.2. The van der Waals surface area contributed by atoms with Gasteiger partial charge in [0, 0.05) is 32.7 Å². The SMILES string of the molecule is N#Cc1cccc(C(F)(F)F)c1-c1ccc(-n2c3ccccc3c3ccc(-c4ccccc4)cc32)c(C#N)c1-n1c2ccccc2c2ccc(-c3ccccc3)cc21. The standard InChI is InChI=1S/C51H29F3N4/c52-51(53,54)43-19-11-16-36(30-55)49(43)41-26-27-46(57-44-20-9-7-17-37(44)39-24-22-34(28-47(39)57)32-12-3-1-4-13-32)42(31-56)50(41)58-45-21-10-8-18-38(45)40-25-23-35(29-48(40)58)33-14-5-2-6-15-33/h1-29H. The first kappa shape index (κ1) is 34.6. The zero-order chi connectivity index (χ0) is 39.5. The van der Waals surface area contributed by atoms with Crippen molar-refractivity contribution in [2.45, 2.75) is 6.18 Å². The molecule has 0 fully saturated rings. The molecule has 2 aromatic heterocycles. The largest absolute Gasteiger partial charge is 0.417 e. The highest BCUT2D eigenvalue weighted by atomic mass is 19.4. The molecule has 0 aliphatic heterocycles. The van der Waals surface area contributed by atoms with Gasteiger partial charge in [-0.3, -0.25) is 0 Å². The van der Waals surface area contributed by atoms with Crippen LogP contribution in [0.15, 0.2) is 176 Å². The molecule has 0 atom stereocenters. The second-order valence-corrected chi connectivity index (χ2v) is 14.2. The molecule has 0 aliphatic rings. The topological polar surface area (TPSA) is 57.4 Å². The van der Waals surface area contributed by atoms with Crippen molar-refractivity contribution in [2.24, 2.45) is 0 Å². The van der Waals surface area contributed by atoms with E-state index in [-0.39, 0.29) is 27.9 Å². The van der Waals surface area contributed by atoms with Crippen LogP contribution in [0.4, 0.5) is 13.2 Å². The Kier molecular flexibility index (Phi) is 8.00. The minimum Gasteiger partial charge on any atom is -0.308 e. The van der Waals surface area contributed by atoms with Crippen molar-refractivity contribution in [2.75, 3.05) is 0 Å². The van der Waals surface area contributed by atoms with Crippen LogP contribution >= 0.6 is 0 Å². The molecule has 4 nitrogen and oxygen atoms in total. The third kappa shape index (κ3) is 5.37. The highest BCUT2D eigenvalue weighted by Gasteiger charge is 2.36. The van der Waals surface area contributed by atoms with E-state index in [1.807, 2.05) is 143 Å². The number of para-hydroxylation sites is 2. The van der Waals surface area contributed by atoms with Gasteiger partial charge in [-0.2, -0.15) is 23.7 Å². The molecular weight excluding hydrogens is 726 g/mol. The van der Waals surface area contributed by atoms with Gasteiger partial charge in [-0.05, 0) is 64.7 Å². The summed E-state index contributed by atoms with van der Waals surface area (Å²) in [5.41, 5.74) is 6.54. The van der Waals surface area contributed by atoms with Crippen LogP contribution in [-0.4, -0.2) is 9.13 Å². The van der Waals surface area contributed by atoms with E-state index in [4.69, 9.17) is 0 Å². The molecule has 0 saturated heterocycles. The third-order valence-corrected chi connectivity index (χ3v) is 11.1. The summed E-state index contributed by atoms with van der Waals surface area (Å²) >= 11 is 0. The number of aromatic nitrogens is 2. The van der Waals surface area contributed by atoms with Gasteiger partial charge >= 0.3 is 6.18 Å². The number of fused-ring (bicyclic) bond motifs is 6. The van der Waals surface area contributed by atoms with Gasteiger partial charge in [-0.1, -0.05) is 133 Å². The second-order valence-electron chi connectivity index (χ2n) is 14.2. The molecule has 0 aliphatic carbocycles. The van der Waals surface area contributed by atoms with E-state index in [1.54, 1.807) is 12.1 Å². The Morgan fingerprint density at radius 1 is 0.431 bits per heavy atom. The Hall–Kier alpha value is -7.87. The van der Waals surface area contributed by atoms with Crippen LogP contribution in [0.3, 0.4) is 0 Å². The summed E-state index contributed by atoms with van der Waals surface area (Å²) in [4.78, 5) is 0. The van der Waals surface area contributed by atoms with Crippen LogP contribution in [-0.2, 0) is 6.18 Å². The summed E-state index contributed by atoms with van der Waals surface area (Å²) in [5, 5.41) is 25.6. The first-order valence-corrected chi connectivity index (χ1v) is 18.7. The van der Waals surface area contributed by atoms with Gasteiger partial charge in [0.05, 0.1) is 50.6 Å². The second kappa shape index (κ2) is 13.4. The molecule has 58 heavy (non-hydrogen) atoms. The minimum atomic E-state index is -4.80. The first-order valence-electron chi connectivity index (χ1n) is 18.7. The van der Waals surface area contributed by atoms with Gasteiger partial charge in [0.25, 0.3) is 0 Å². The van der Waals surface area contributed by atoms with Crippen molar-refractivity contribution >= 4 is 43.6 Å². The van der Waals surface area contributed by atoms with E-state index >= 15 is 13.2 Å². The summed E-state index contributed by atoms with van der Waals surface area (Å²) in [5.74, 6) is 0. The van der Waals surface area contributed by atoms with Crippen molar-refractivity contribution in [1.29, 1.82) is 10.5 Å². The van der Waals surface area contributed by atoms with E-state index in [9.17, 15) is 10.5 Å². The van der Waals surface area contributed by atoms with Gasteiger partial charge in [-0.25, -0.2) is 0 Å². The molecule has 7 heteroatoms. The van der Waals surface area contributed by atoms with Crippen molar-refractivity contribution in [3.8, 4) is 56.9 Å². The number of alkyl halides is 3. The van der Waals surface area contributed by atoms with Gasteiger partial charge in [0.2, 0.25) is 0 Å². The highest BCUT2D eigenvalue weighted by Crippen LogP contribution is 2.46. The highest BCUT2D eigenvalue weighted by molar-refractivity contribution is 6.13. The molecule has 0 amide bonds. The number of nitriles is 2. The number of hydrogen-bond acceptors (Lipinski definition) is 2. The molecule has 0 spiro atoms.